The molecule has 0 saturated heterocycles. The van der Waals surface area contributed by atoms with Crippen LogP contribution in [-0.4, -0.2) is 15.2 Å². The molecule has 0 aromatic carbocycles. The Morgan fingerprint density at radius 1 is 1.00 bits per heavy atom. The van der Waals surface area contributed by atoms with E-state index in [2.05, 4.69) is 15.2 Å². The van der Waals surface area contributed by atoms with Crippen LogP contribution in [0.3, 0.4) is 0 Å². The van der Waals surface area contributed by atoms with Crippen molar-refractivity contribution in [3.8, 4) is 11.3 Å². The summed E-state index contributed by atoms with van der Waals surface area (Å²) >= 11 is 0. The molecule has 0 radical (unpaired) electrons. The van der Waals surface area contributed by atoms with E-state index in [0.29, 0.717) is 17.2 Å². The van der Waals surface area contributed by atoms with Gasteiger partial charge in [-0.15, -0.1) is 10.2 Å². The van der Waals surface area contributed by atoms with Crippen LogP contribution < -0.4 is 11.5 Å². The van der Waals surface area contributed by atoms with E-state index in [1.807, 2.05) is 0 Å². The van der Waals surface area contributed by atoms with E-state index in [9.17, 15) is 0 Å². The van der Waals surface area contributed by atoms with Gasteiger partial charge in [-0.1, -0.05) is 0 Å². The zero-order chi connectivity index (χ0) is 9.97. The van der Waals surface area contributed by atoms with Crippen LogP contribution in [0.2, 0.25) is 0 Å². The van der Waals surface area contributed by atoms with Crippen molar-refractivity contribution < 1.29 is 0 Å². The maximum Gasteiger partial charge on any atom is 0.146 e. The molecule has 0 aliphatic carbocycles. The molecule has 0 bridgehead atoms. The van der Waals surface area contributed by atoms with Crippen molar-refractivity contribution in [3.05, 3.63) is 30.6 Å². The Morgan fingerprint density at radius 3 is 2.50 bits per heavy atom. The zero-order valence-electron chi connectivity index (χ0n) is 7.38. The van der Waals surface area contributed by atoms with Crippen molar-refractivity contribution in [2.24, 2.45) is 0 Å². The lowest BCUT2D eigenvalue weighted by atomic mass is 10.2. The summed E-state index contributed by atoms with van der Waals surface area (Å²) in [7, 11) is 0. The van der Waals surface area contributed by atoms with Gasteiger partial charge in [0.15, 0.2) is 0 Å². The Labute approximate surface area is 80.8 Å². The Morgan fingerprint density at radius 2 is 1.86 bits per heavy atom. The number of rotatable bonds is 1. The maximum atomic E-state index is 5.59. The third-order valence-corrected chi connectivity index (χ3v) is 1.74. The lowest BCUT2D eigenvalue weighted by Crippen LogP contribution is -1.94. The van der Waals surface area contributed by atoms with Gasteiger partial charge in [0.25, 0.3) is 0 Å². The van der Waals surface area contributed by atoms with Gasteiger partial charge in [-0.25, -0.2) is 0 Å². The summed E-state index contributed by atoms with van der Waals surface area (Å²) in [5, 5.41) is 7.66. The molecule has 0 amide bonds. The molecule has 2 aromatic heterocycles. The Balaban J connectivity index is 2.44. The summed E-state index contributed by atoms with van der Waals surface area (Å²) in [6.07, 6.45) is 3.25. The normalized spacial score (nSPS) is 10.0. The van der Waals surface area contributed by atoms with Gasteiger partial charge in [0.1, 0.15) is 5.82 Å². The molecule has 0 aliphatic rings. The number of hydrogen-bond donors (Lipinski definition) is 2. The molecule has 0 fully saturated rings. The fourth-order valence-corrected chi connectivity index (χ4v) is 1.09. The molecule has 0 atom stereocenters. The van der Waals surface area contributed by atoms with Gasteiger partial charge < -0.3 is 11.5 Å². The second-order valence-corrected chi connectivity index (χ2v) is 2.85. The number of aromatic nitrogens is 3. The molecular weight excluding hydrogens is 178 g/mol. The first-order valence-corrected chi connectivity index (χ1v) is 4.06. The number of nitrogens with two attached hydrogens (primary N) is 2. The van der Waals surface area contributed by atoms with Crippen molar-refractivity contribution in [2.75, 3.05) is 11.5 Å². The highest BCUT2D eigenvalue weighted by Gasteiger charge is 2.00. The fraction of sp³-hybridized carbons (Fsp3) is 0. The first-order chi connectivity index (χ1) is 6.75. The van der Waals surface area contributed by atoms with Crippen LogP contribution in [0.5, 0.6) is 0 Å². The summed E-state index contributed by atoms with van der Waals surface area (Å²) < 4.78 is 0. The minimum absolute atomic E-state index is 0.394. The highest BCUT2D eigenvalue weighted by atomic mass is 15.1. The van der Waals surface area contributed by atoms with Crippen LogP contribution >= 0.6 is 0 Å². The van der Waals surface area contributed by atoms with Gasteiger partial charge in [0.2, 0.25) is 0 Å². The number of hydrogen-bond acceptors (Lipinski definition) is 5. The predicted molar refractivity (Wildman–Crippen MR) is 54.1 cm³/mol. The van der Waals surface area contributed by atoms with E-state index in [1.165, 1.54) is 0 Å². The van der Waals surface area contributed by atoms with Crippen molar-refractivity contribution in [1.82, 2.24) is 15.2 Å². The number of nitrogen functional groups attached to an aromatic ring is 2. The van der Waals surface area contributed by atoms with Crippen molar-refractivity contribution in [2.45, 2.75) is 0 Å². The monoisotopic (exact) mass is 187 g/mol. The molecule has 0 aliphatic heterocycles. The SMILES string of the molecule is Nc1cncc(-c2ccc(N)nn2)c1. The molecule has 14 heavy (non-hydrogen) atoms. The highest BCUT2D eigenvalue weighted by Crippen LogP contribution is 2.17. The van der Waals surface area contributed by atoms with Crippen LogP contribution in [0.25, 0.3) is 11.3 Å². The summed E-state index contributed by atoms with van der Waals surface area (Å²) in [5.41, 5.74) is 13.1. The highest BCUT2D eigenvalue weighted by molar-refractivity contribution is 5.62. The van der Waals surface area contributed by atoms with Crippen molar-refractivity contribution in [1.29, 1.82) is 0 Å². The van der Waals surface area contributed by atoms with Crippen LogP contribution in [0, 0.1) is 0 Å². The van der Waals surface area contributed by atoms with Crippen LogP contribution in [0.15, 0.2) is 30.6 Å². The van der Waals surface area contributed by atoms with Gasteiger partial charge in [-0.05, 0) is 18.2 Å². The standard InChI is InChI=1S/C9H9N5/c10-7-3-6(4-12-5-7)8-1-2-9(11)14-13-8/h1-5H,10H2,(H2,11,14). The molecule has 70 valence electrons. The number of nitrogens with zero attached hydrogens (tertiary/aromatic N) is 3. The van der Waals surface area contributed by atoms with Gasteiger partial charge in [-0.3, -0.25) is 4.98 Å². The lowest BCUT2D eigenvalue weighted by molar-refractivity contribution is 1.05. The minimum atomic E-state index is 0.394. The first kappa shape index (κ1) is 8.43. The Hall–Kier alpha value is -2.17. The lowest BCUT2D eigenvalue weighted by Gasteiger charge is -2.00. The van der Waals surface area contributed by atoms with Gasteiger partial charge >= 0.3 is 0 Å². The Bertz CT molecular complexity index is 437. The van der Waals surface area contributed by atoms with E-state index in [4.69, 9.17) is 11.5 Å². The predicted octanol–water partition coefficient (Wildman–Crippen LogP) is 0.703. The largest absolute Gasteiger partial charge is 0.397 e. The van der Waals surface area contributed by atoms with E-state index in [1.54, 1.807) is 30.6 Å². The molecular formula is C9H9N5. The average Bonchev–Trinajstić information content (AvgIpc) is 2.19. The molecule has 0 saturated carbocycles. The summed E-state index contributed by atoms with van der Waals surface area (Å²) in [5.74, 6) is 0.394. The quantitative estimate of drug-likeness (QED) is 0.685. The zero-order valence-corrected chi connectivity index (χ0v) is 7.38. The average molecular weight is 187 g/mol. The first-order valence-electron chi connectivity index (χ1n) is 4.06. The second kappa shape index (κ2) is 3.29. The van der Waals surface area contributed by atoms with Crippen molar-refractivity contribution in [3.63, 3.8) is 0 Å². The van der Waals surface area contributed by atoms with Crippen LogP contribution in [0.4, 0.5) is 11.5 Å². The fourth-order valence-electron chi connectivity index (χ4n) is 1.09. The molecule has 2 heterocycles. The third kappa shape index (κ3) is 1.61. The molecule has 0 unspecified atom stereocenters. The number of anilines is 2. The topological polar surface area (TPSA) is 90.7 Å². The van der Waals surface area contributed by atoms with Crippen LogP contribution in [0.1, 0.15) is 0 Å². The van der Waals surface area contributed by atoms with Crippen molar-refractivity contribution >= 4 is 11.5 Å². The minimum Gasteiger partial charge on any atom is -0.397 e. The number of pyridine rings is 1. The van der Waals surface area contributed by atoms with Gasteiger partial charge in [0, 0.05) is 18.0 Å². The molecule has 4 N–H and O–H groups in total. The van der Waals surface area contributed by atoms with E-state index in [0.717, 1.165) is 5.56 Å². The van der Waals surface area contributed by atoms with E-state index in [-0.39, 0.29) is 0 Å². The van der Waals surface area contributed by atoms with Crippen LogP contribution in [-0.2, 0) is 0 Å². The molecule has 5 heteroatoms. The maximum absolute atomic E-state index is 5.59. The third-order valence-electron chi connectivity index (χ3n) is 1.74. The summed E-state index contributed by atoms with van der Waals surface area (Å²) in [4.78, 5) is 3.96. The smallest absolute Gasteiger partial charge is 0.146 e. The Kier molecular flexibility index (Phi) is 1.98. The molecule has 5 nitrogen and oxygen atoms in total. The summed E-state index contributed by atoms with van der Waals surface area (Å²) in [6, 6.07) is 5.25. The summed E-state index contributed by atoms with van der Waals surface area (Å²) in [6.45, 7) is 0. The van der Waals surface area contributed by atoms with Gasteiger partial charge in [0.05, 0.1) is 11.4 Å². The molecule has 0 spiro atoms. The van der Waals surface area contributed by atoms with E-state index >= 15 is 0 Å². The van der Waals surface area contributed by atoms with Gasteiger partial charge in [-0.2, -0.15) is 0 Å². The molecule has 2 aromatic rings. The van der Waals surface area contributed by atoms with E-state index < -0.39 is 0 Å². The molecule has 2 rings (SSSR count). The second-order valence-electron chi connectivity index (χ2n) is 2.85.